The zero-order chi connectivity index (χ0) is 22.0. The van der Waals surface area contributed by atoms with Crippen molar-refractivity contribution in [2.24, 2.45) is 5.92 Å². The van der Waals surface area contributed by atoms with E-state index in [0.29, 0.717) is 13.1 Å². The molecular formula is C23H31ClN4O3. The number of nitrogens with zero attached hydrogens (tertiary/aromatic N) is 2. The molecule has 2 aliphatic rings. The summed E-state index contributed by atoms with van der Waals surface area (Å²) in [5, 5.41) is 8.31. The Morgan fingerprint density at radius 1 is 1.39 bits per heavy atom. The maximum Gasteiger partial charge on any atom is 0.307 e. The van der Waals surface area contributed by atoms with Crippen LogP contribution in [0.4, 0.5) is 0 Å². The number of methoxy groups -OCH3 is 1. The lowest BCUT2D eigenvalue weighted by Crippen LogP contribution is -2.46. The molecule has 2 N–H and O–H groups in total. The van der Waals surface area contributed by atoms with E-state index in [1.54, 1.807) is 0 Å². The van der Waals surface area contributed by atoms with Crippen LogP contribution < -0.4 is 10.6 Å². The summed E-state index contributed by atoms with van der Waals surface area (Å²) in [6.45, 7) is 3.97. The minimum absolute atomic E-state index is 0.00611. The largest absolute Gasteiger partial charge is 0.469 e. The van der Waals surface area contributed by atoms with Crippen molar-refractivity contribution in [1.29, 1.82) is 0 Å². The summed E-state index contributed by atoms with van der Waals surface area (Å²) in [5.74, 6) is -0.377. The summed E-state index contributed by atoms with van der Waals surface area (Å²) in [6, 6.07) is 5.62. The molecule has 1 saturated heterocycles. The number of esters is 1. The van der Waals surface area contributed by atoms with Gasteiger partial charge in [-0.25, -0.2) is 0 Å². The first-order valence-electron chi connectivity index (χ1n) is 11.0. The number of likely N-dealkylation sites (N-methyl/N-ethyl adjacent to an activating group) is 1. The summed E-state index contributed by atoms with van der Waals surface area (Å²) in [6.07, 6.45) is 2.95. The average molecular weight is 447 g/mol. The van der Waals surface area contributed by atoms with Crippen LogP contribution in [0.15, 0.2) is 18.2 Å². The van der Waals surface area contributed by atoms with E-state index in [0.717, 1.165) is 54.8 Å². The Bertz CT molecular complexity index is 967. The number of aromatic nitrogens is 1. The van der Waals surface area contributed by atoms with Crippen LogP contribution in [0, 0.1) is 5.92 Å². The third-order valence-electron chi connectivity index (χ3n) is 6.47. The number of halogens is 1. The van der Waals surface area contributed by atoms with Crippen molar-refractivity contribution in [1.82, 2.24) is 20.1 Å². The minimum atomic E-state index is -0.343. The first-order chi connectivity index (χ1) is 15.0. The lowest BCUT2D eigenvalue weighted by atomic mass is 9.98. The quantitative estimate of drug-likeness (QED) is 0.666. The summed E-state index contributed by atoms with van der Waals surface area (Å²) in [7, 11) is 3.50. The number of fused-ring (bicyclic) bond motifs is 3. The highest BCUT2D eigenvalue weighted by molar-refractivity contribution is 6.31. The number of amides is 1. The molecular weight excluding hydrogens is 416 g/mol. The lowest BCUT2D eigenvalue weighted by Gasteiger charge is -2.28. The third-order valence-corrected chi connectivity index (χ3v) is 6.70. The van der Waals surface area contributed by atoms with Gasteiger partial charge in [-0.15, -0.1) is 0 Å². The van der Waals surface area contributed by atoms with E-state index in [1.165, 1.54) is 18.4 Å². The molecule has 0 saturated carbocycles. The topological polar surface area (TPSA) is 75.6 Å². The SMILES string of the molecule is COC(=O)CC(Cn1c2c(c3cc(Cl)ccc31)CCN(C)C2)NC(=O)C1CCCNC1. The van der Waals surface area contributed by atoms with Gasteiger partial charge in [0, 0.05) is 47.8 Å². The van der Waals surface area contributed by atoms with Crippen molar-refractivity contribution in [3.63, 3.8) is 0 Å². The second-order valence-corrected chi connectivity index (χ2v) is 9.15. The number of nitrogens with one attached hydrogen (secondary N) is 2. The molecule has 4 rings (SSSR count). The van der Waals surface area contributed by atoms with E-state index in [1.807, 2.05) is 18.2 Å². The van der Waals surface area contributed by atoms with Crippen molar-refractivity contribution in [2.45, 2.75) is 44.8 Å². The van der Waals surface area contributed by atoms with Gasteiger partial charge in [0.1, 0.15) is 0 Å². The molecule has 7 nitrogen and oxygen atoms in total. The standard InChI is InChI=1S/C23H31ClN4O3/c1-27-9-7-18-19-10-16(24)5-6-20(19)28(21(18)14-27)13-17(11-22(29)31-2)26-23(30)15-4-3-8-25-12-15/h5-6,10,15,17,25H,3-4,7-9,11-14H2,1-2H3,(H,26,30). The van der Waals surface area contributed by atoms with Gasteiger partial charge in [-0.05, 0) is 56.6 Å². The number of carbonyl (C=O) groups excluding carboxylic acids is 2. The van der Waals surface area contributed by atoms with Crippen LogP contribution in [-0.2, 0) is 33.8 Å². The fraction of sp³-hybridized carbons (Fsp3) is 0.565. The Hall–Kier alpha value is -2.09. The van der Waals surface area contributed by atoms with E-state index >= 15 is 0 Å². The molecule has 31 heavy (non-hydrogen) atoms. The lowest BCUT2D eigenvalue weighted by molar-refractivity contribution is -0.141. The normalized spacial score (nSPS) is 20.3. The maximum atomic E-state index is 12.9. The molecule has 2 aromatic rings. The van der Waals surface area contributed by atoms with Crippen molar-refractivity contribution in [3.8, 4) is 0 Å². The smallest absolute Gasteiger partial charge is 0.307 e. The third kappa shape index (κ3) is 4.89. The number of rotatable bonds is 6. The van der Waals surface area contributed by atoms with Crippen LogP contribution in [-0.4, -0.2) is 61.2 Å². The van der Waals surface area contributed by atoms with E-state index < -0.39 is 0 Å². The zero-order valence-corrected chi connectivity index (χ0v) is 19.0. The number of hydrogen-bond donors (Lipinski definition) is 2. The monoisotopic (exact) mass is 446 g/mol. The molecule has 168 valence electrons. The van der Waals surface area contributed by atoms with Gasteiger partial charge >= 0.3 is 5.97 Å². The van der Waals surface area contributed by atoms with Crippen molar-refractivity contribution >= 4 is 34.4 Å². The number of benzene rings is 1. The molecule has 8 heteroatoms. The molecule has 1 fully saturated rings. The van der Waals surface area contributed by atoms with Crippen LogP contribution in [0.25, 0.3) is 10.9 Å². The predicted molar refractivity (Wildman–Crippen MR) is 121 cm³/mol. The van der Waals surface area contributed by atoms with Crippen LogP contribution in [0.3, 0.4) is 0 Å². The molecule has 0 radical (unpaired) electrons. The Morgan fingerprint density at radius 3 is 2.97 bits per heavy atom. The van der Waals surface area contributed by atoms with Gasteiger partial charge in [-0.1, -0.05) is 11.6 Å². The van der Waals surface area contributed by atoms with Gasteiger partial charge < -0.3 is 24.8 Å². The molecule has 1 aromatic carbocycles. The maximum absolute atomic E-state index is 12.9. The van der Waals surface area contributed by atoms with Crippen molar-refractivity contribution in [2.75, 3.05) is 33.8 Å². The molecule has 0 bridgehead atoms. The fourth-order valence-corrected chi connectivity index (χ4v) is 4.99. The number of hydrogen-bond acceptors (Lipinski definition) is 5. The summed E-state index contributed by atoms with van der Waals surface area (Å²) >= 11 is 6.30. The fourth-order valence-electron chi connectivity index (χ4n) is 4.82. The van der Waals surface area contributed by atoms with Gasteiger partial charge in [-0.2, -0.15) is 0 Å². The van der Waals surface area contributed by atoms with E-state index in [2.05, 4.69) is 27.1 Å². The molecule has 3 heterocycles. The summed E-state index contributed by atoms with van der Waals surface area (Å²) in [4.78, 5) is 27.3. The molecule has 1 aromatic heterocycles. The van der Waals surface area contributed by atoms with Gasteiger partial charge in [0.2, 0.25) is 5.91 Å². The van der Waals surface area contributed by atoms with Gasteiger partial charge in [-0.3, -0.25) is 9.59 Å². The van der Waals surface area contributed by atoms with E-state index in [-0.39, 0.29) is 30.3 Å². The molecule has 0 aliphatic carbocycles. The summed E-state index contributed by atoms with van der Waals surface area (Å²) in [5.41, 5.74) is 3.64. The highest BCUT2D eigenvalue weighted by Gasteiger charge is 2.28. The Labute approximate surface area is 188 Å². The van der Waals surface area contributed by atoms with Gasteiger partial charge in [0.05, 0.1) is 25.5 Å². The van der Waals surface area contributed by atoms with Crippen LogP contribution in [0.1, 0.15) is 30.5 Å². The van der Waals surface area contributed by atoms with Crippen molar-refractivity contribution in [3.05, 3.63) is 34.5 Å². The first-order valence-corrected chi connectivity index (χ1v) is 11.4. The number of piperidine rings is 1. The van der Waals surface area contributed by atoms with Crippen LogP contribution in [0.2, 0.25) is 5.02 Å². The highest BCUT2D eigenvalue weighted by atomic mass is 35.5. The molecule has 1 amide bonds. The second kappa shape index (κ2) is 9.59. The molecule has 2 atom stereocenters. The molecule has 2 aliphatic heterocycles. The van der Waals surface area contributed by atoms with Gasteiger partial charge in [0.15, 0.2) is 0 Å². The number of carbonyl (C=O) groups is 2. The first kappa shape index (κ1) is 22.1. The number of ether oxygens (including phenoxy) is 1. The zero-order valence-electron chi connectivity index (χ0n) is 18.2. The average Bonchev–Trinajstić information content (AvgIpc) is 3.06. The second-order valence-electron chi connectivity index (χ2n) is 8.71. The van der Waals surface area contributed by atoms with Gasteiger partial charge in [0.25, 0.3) is 0 Å². The van der Waals surface area contributed by atoms with E-state index in [4.69, 9.17) is 16.3 Å². The summed E-state index contributed by atoms with van der Waals surface area (Å²) < 4.78 is 7.18. The molecule has 2 unspecified atom stereocenters. The molecule has 0 spiro atoms. The predicted octanol–water partition coefficient (Wildman–Crippen LogP) is 2.33. The Kier molecular flexibility index (Phi) is 6.84. The van der Waals surface area contributed by atoms with Crippen LogP contribution in [0.5, 0.6) is 0 Å². The Balaban J connectivity index is 1.65. The minimum Gasteiger partial charge on any atom is -0.469 e. The highest BCUT2D eigenvalue weighted by Crippen LogP contribution is 2.32. The Morgan fingerprint density at radius 2 is 2.23 bits per heavy atom. The van der Waals surface area contributed by atoms with Crippen LogP contribution >= 0.6 is 11.6 Å². The van der Waals surface area contributed by atoms with Crippen molar-refractivity contribution < 1.29 is 14.3 Å². The van der Waals surface area contributed by atoms with E-state index in [9.17, 15) is 9.59 Å².